The number of carbonyl (C=O) groups excluding carboxylic acids is 3. The molecule has 1 aliphatic carbocycles. The van der Waals surface area contributed by atoms with Gasteiger partial charge >= 0.3 is 5.97 Å². The Balaban J connectivity index is 1.51. The molecule has 0 spiro atoms. The summed E-state index contributed by atoms with van der Waals surface area (Å²) in [6.45, 7) is 2.10. The van der Waals surface area contributed by atoms with E-state index in [2.05, 4.69) is 16.2 Å². The lowest BCUT2D eigenvalue weighted by molar-refractivity contribution is -0.115. The quantitative estimate of drug-likeness (QED) is 0.351. The number of esters is 1. The minimum atomic E-state index is -4.13. The van der Waals surface area contributed by atoms with Crippen LogP contribution >= 0.6 is 22.7 Å². The Morgan fingerprint density at radius 3 is 2.68 bits per heavy atom. The van der Waals surface area contributed by atoms with Crippen LogP contribution in [0.15, 0.2) is 23.2 Å². The van der Waals surface area contributed by atoms with Crippen molar-refractivity contribution in [1.82, 2.24) is 4.57 Å². The lowest BCUT2D eigenvalue weighted by Gasteiger charge is -2.11. The van der Waals surface area contributed by atoms with Gasteiger partial charge in [0.25, 0.3) is 5.91 Å². The van der Waals surface area contributed by atoms with Crippen LogP contribution in [0, 0.1) is 19.3 Å². The van der Waals surface area contributed by atoms with Crippen molar-refractivity contribution in [2.75, 3.05) is 23.9 Å². The summed E-state index contributed by atoms with van der Waals surface area (Å²) in [5.41, 5.74) is 2.93. The molecule has 12 heteroatoms. The highest BCUT2D eigenvalue weighted by Crippen LogP contribution is 2.38. The molecule has 1 aliphatic rings. The molecule has 0 unspecified atom stereocenters. The van der Waals surface area contributed by atoms with Gasteiger partial charge < -0.3 is 14.6 Å². The summed E-state index contributed by atoms with van der Waals surface area (Å²) in [6, 6.07) is 5.71. The number of nitrogens with zero attached hydrogens (tertiary/aromatic N) is 2. The Labute approximate surface area is 222 Å². The minimum Gasteiger partial charge on any atom is -0.465 e. The van der Waals surface area contributed by atoms with Crippen LogP contribution in [0.25, 0.3) is 10.2 Å². The molecule has 9 nitrogen and oxygen atoms in total. The molecule has 194 valence electrons. The van der Waals surface area contributed by atoms with Gasteiger partial charge in [-0.15, -0.1) is 17.8 Å². The average molecular weight is 560 g/mol. The highest BCUT2D eigenvalue weighted by atomic mass is 32.2. The number of amides is 2. The molecule has 0 saturated heterocycles. The van der Waals surface area contributed by atoms with Crippen LogP contribution in [0.5, 0.6) is 0 Å². The van der Waals surface area contributed by atoms with Gasteiger partial charge in [-0.25, -0.2) is 13.2 Å². The molecular weight excluding hydrogens is 534 g/mol. The fourth-order valence-electron chi connectivity index (χ4n) is 4.22. The van der Waals surface area contributed by atoms with Crippen molar-refractivity contribution < 1.29 is 27.5 Å². The zero-order valence-corrected chi connectivity index (χ0v) is 22.8. The molecule has 2 aromatic heterocycles. The molecule has 0 aliphatic heterocycles. The highest BCUT2D eigenvalue weighted by molar-refractivity contribution is 7.92. The molecule has 3 aromatic rings. The van der Waals surface area contributed by atoms with Crippen molar-refractivity contribution in [2.45, 2.75) is 39.2 Å². The second kappa shape index (κ2) is 11.0. The SMILES string of the molecule is C#CCn1c(=NC(=O)CS(=O)(=O)CC(=O)Nc2sc3c(c2C(=O)OC)CCCC3)sc2cc(C)ccc21. The monoisotopic (exact) mass is 559 g/mol. The number of hydrogen-bond acceptors (Lipinski definition) is 8. The van der Waals surface area contributed by atoms with Crippen molar-refractivity contribution >= 4 is 65.5 Å². The van der Waals surface area contributed by atoms with Crippen molar-refractivity contribution in [3.63, 3.8) is 0 Å². The smallest absolute Gasteiger partial charge is 0.341 e. The van der Waals surface area contributed by atoms with Gasteiger partial charge in [0, 0.05) is 4.88 Å². The highest BCUT2D eigenvalue weighted by Gasteiger charge is 2.28. The third-order valence-corrected chi connectivity index (χ3v) is 9.45. The van der Waals surface area contributed by atoms with Crippen LogP contribution in [-0.4, -0.2) is 49.4 Å². The average Bonchev–Trinajstić information content (AvgIpc) is 3.34. The number of anilines is 1. The summed E-state index contributed by atoms with van der Waals surface area (Å²) < 4.78 is 32.7. The van der Waals surface area contributed by atoms with E-state index >= 15 is 0 Å². The van der Waals surface area contributed by atoms with Crippen LogP contribution in [0.1, 0.15) is 39.2 Å². The van der Waals surface area contributed by atoms with Gasteiger partial charge in [-0.1, -0.05) is 23.3 Å². The van der Waals surface area contributed by atoms with Crippen molar-refractivity contribution in [1.29, 1.82) is 0 Å². The molecule has 1 aromatic carbocycles. The molecule has 2 heterocycles. The van der Waals surface area contributed by atoms with Gasteiger partial charge in [-0.05, 0) is 55.9 Å². The van der Waals surface area contributed by atoms with Gasteiger partial charge in [-0.3, -0.25) is 9.59 Å². The number of ether oxygens (including phenoxy) is 1. The van der Waals surface area contributed by atoms with E-state index in [1.54, 1.807) is 4.57 Å². The number of fused-ring (bicyclic) bond motifs is 2. The first-order valence-electron chi connectivity index (χ1n) is 11.5. The third kappa shape index (κ3) is 6.01. The van der Waals surface area contributed by atoms with Crippen LogP contribution in [0.4, 0.5) is 5.00 Å². The molecule has 0 fully saturated rings. The van der Waals surface area contributed by atoms with Gasteiger partial charge in [0.15, 0.2) is 14.6 Å². The molecule has 0 bridgehead atoms. The van der Waals surface area contributed by atoms with E-state index in [0.29, 0.717) is 6.42 Å². The summed E-state index contributed by atoms with van der Waals surface area (Å²) >= 11 is 2.49. The molecule has 0 saturated carbocycles. The fraction of sp³-hybridized carbons (Fsp3) is 0.360. The minimum absolute atomic E-state index is 0.164. The number of methoxy groups -OCH3 is 1. The number of terminal acetylenes is 1. The van der Waals surface area contributed by atoms with Crippen molar-refractivity contribution in [3.05, 3.63) is 44.6 Å². The van der Waals surface area contributed by atoms with Gasteiger partial charge in [0.1, 0.15) is 16.5 Å². The lowest BCUT2D eigenvalue weighted by atomic mass is 9.95. The number of carbonyl (C=O) groups is 3. The lowest BCUT2D eigenvalue weighted by Crippen LogP contribution is -2.28. The Bertz CT molecular complexity index is 1620. The normalized spacial score (nSPS) is 13.7. The van der Waals surface area contributed by atoms with E-state index in [4.69, 9.17) is 11.2 Å². The number of thiophene rings is 1. The summed E-state index contributed by atoms with van der Waals surface area (Å²) in [5.74, 6) is -1.66. The fourth-order valence-corrected chi connectivity index (χ4v) is 7.68. The van der Waals surface area contributed by atoms with Crippen LogP contribution in [0.2, 0.25) is 0 Å². The molecule has 37 heavy (non-hydrogen) atoms. The Morgan fingerprint density at radius 2 is 1.95 bits per heavy atom. The topological polar surface area (TPSA) is 124 Å². The molecule has 0 atom stereocenters. The van der Waals surface area contributed by atoms with Gasteiger partial charge in [0.2, 0.25) is 5.91 Å². The predicted octanol–water partition coefficient (Wildman–Crippen LogP) is 2.85. The number of hydrogen-bond donors (Lipinski definition) is 1. The maximum Gasteiger partial charge on any atom is 0.341 e. The zero-order chi connectivity index (χ0) is 26.7. The van der Waals surface area contributed by atoms with Crippen LogP contribution in [-0.2, 0) is 43.5 Å². The summed E-state index contributed by atoms with van der Waals surface area (Å²) in [5, 5.41) is 2.81. The first-order chi connectivity index (χ1) is 17.6. The molecule has 2 amide bonds. The predicted molar refractivity (Wildman–Crippen MR) is 144 cm³/mol. The second-order valence-corrected chi connectivity index (χ2v) is 12.8. The molecule has 0 radical (unpaired) electrons. The number of rotatable bonds is 7. The zero-order valence-electron chi connectivity index (χ0n) is 20.3. The number of sulfone groups is 1. The molecule has 1 N–H and O–H groups in total. The Kier molecular flexibility index (Phi) is 7.96. The first kappa shape index (κ1) is 26.8. The van der Waals surface area contributed by atoms with Crippen LogP contribution < -0.4 is 10.1 Å². The Hall–Kier alpha value is -3.27. The standard InChI is InChI=1S/C25H25N3O6S3/c1-4-11-28-17-10-9-15(2)12-19(17)36-25(28)27-21(30)14-37(32,33)13-20(29)26-23-22(24(31)34-3)16-7-5-6-8-18(16)35-23/h1,9-10,12H,5-8,11,13-14H2,2-3H3,(H,26,29). The number of nitrogens with one attached hydrogen (secondary N) is 1. The number of aryl methyl sites for hydroxylation is 2. The van der Waals surface area contributed by atoms with E-state index < -0.39 is 39.1 Å². The van der Waals surface area contributed by atoms with Crippen molar-refractivity contribution in [2.24, 2.45) is 4.99 Å². The molecular formula is C25H25N3O6S3. The van der Waals surface area contributed by atoms with E-state index in [0.717, 1.165) is 45.5 Å². The maximum atomic E-state index is 12.7. The third-order valence-electron chi connectivity index (χ3n) is 5.82. The second-order valence-electron chi connectivity index (χ2n) is 8.64. The van der Waals surface area contributed by atoms with E-state index in [1.807, 2.05) is 25.1 Å². The molecule has 4 rings (SSSR count). The summed E-state index contributed by atoms with van der Waals surface area (Å²) in [7, 11) is -2.88. The van der Waals surface area contributed by atoms with E-state index in [9.17, 15) is 22.8 Å². The summed E-state index contributed by atoms with van der Waals surface area (Å²) in [4.78, 5) is 42.8. The van der Waals surface area contributed by atoms with Crippen molar-refractivity contribution in [3.8, 4) is 12.3 Å². The van der Waals surface area contributed by atoms with E-state index in [1.165, 1.54) is 29.8 Å². The number of aromatic nitrogens is 1. The van der Waals surface area contributed by atoms with Gasteiger partial charge in [-0.2, -0.15) is 4.99 Å². The van der Waals surface area contributed by atoms with Crippen LogP contribution in [0.3, 0.4) is 0 Å². The largest absolute Gasteiger partial charge is 0.465 e. The first-order valence-corrected chi connectivity index (χ1v) is 14.9. The Morgan fingerprint density at radius 1 is 1.19 bits per heavy atom. The maximum absolute atomic E-state index is 12.7. The number of thiazole rings is 1. The van der Waals surface area contributed by atoms with Gasteiger partial charge in [0.05, 0.1) is 29.4 Å². The summed E-state index contributed by atoms with van der Waals surface area (Å²) in [6.07, 6.45) is 8.84. The number of benzene rings is 1. The van der Waals surface area contributed by atoms with E-state index in [-0.39, 0.29) is 21.9 Å².